The Morgan fingerprint density at radius 2 is 1.07 bits per heavy atom. The Labute approximate surface area is 181 Å². The lowest BCUT2D eigenvalue weighted by atomic mass is 10.0. The van der Waals surface area contributed by atoms with Crippen LogP contribution in [0.2, 0.25) is 0 Å². The van der Waals surface area contributed by atoms with Gasteiger partial charge in [-0.15, -0.1) is 0 Å². The first-order valence-corrected chi connectivity index (χ1v) is 11.6. The number of nitrogens with one attached hydrogen (secondary N) is 1. The molecule has 0 heterocycles. The van der Waals surface area contributed by atoms with Gasteiger partial charge in [-0.3, -0.25) is 9.59 Å². The van der Waals surface area contributed by atoms with Crippen LogP contribution >= 0.6 is 0 Å². The van der Waals surface area contributed by atoms with E-state index < -0.39 is 18.0 Å². The molecule has 1 unspecified atom stereocenters. The number of unbranched alkanes of at least 4 members (excludes halogenated alkanes) is 13. The molecule has 7 nitrogen and oxygen atoms in total. The molecule has 30 heavy (non-hydrogen) atoms. The van der Waals surface area contributed by atoms with Crippen LogP contribution in [0, 0.1) is 0 Å². The maximum atomic E-state index is 11.8. The number of carboxylic acid groups (broad SMARTS) is 2. The smallest absolute Gasteiger partial charge is 0.326 e. The van der Waals surface area contributed by atoms with Crippen LogP contribution in [-0.2, 0) is 19.2 Å². The Balaban J connectivity index is 3.37. The summed E-state index contributed by atoms with van der Waals surface area (Å²) in [5.74, 6) is -2.05. The highest BCUT2D eigenvalue weighted by Gasteiger charge is 2.18. The van der Waals surface area contributed by atoms with Crippen LogP contribution in [0.5, 0.6) is 0 Å². The molecule has 0 aliphatic rings. The van der Waals surface area contributed by atoms with Crippen molar-refractivity contribution in [3.05, 3.63) is 0 Å². The van der Waals surface area contributed by atoms with Gasteiger partial charge >= 0.3 is 11.9 Å². The van der Waals surface area contributed by atoms with Crippen LogP contribution in [0.15, 0.2) is 0 Å². The van der Waals surface area contributed by atoms with Crippen molar-refractivity contribution in [1.82, 2.24) is 5.32 Å². The lowest BCUT2D eigenvalue weighted by Crippen LogP contribution is -2.40. The molecule has 0 aromatic rings. The second-order valence-electron chi connectivity index (χ2n) is 8.05. The lowest BCUT2D eigenvalue weighted by Gasteiger charge is -2.13. The van der Waals surface area contributed by atoms with E-state index in [-0.39, 0.29) is 18.7 Å². The highest BCUT2D eigenvalue weighted by atomic mass is 16.4. The van der Waals surface area contributed by atoms with Gasteiger partial charge in [0.25, 0.3) is 0 Å². The summed E-state index contributed by atoms with van der Waals surface area (Å²) in [7, 11) is 0. The molecule has 0 aromatic heterocycles. The number of aldehydes is 1. The Bertz CT molecular complexity index is 480. The minimum absolute atomic E-state index is 0.131. The molecule has 1 atom stereocenters. The first-order chi connectivity index (χ1) is 14.5. The van der Waals surface area contributed by atoms with Gasteiger partial charge in [-0.1, -0.05) is 77.0 Å². The zero-order valence-corrected chi connectivity index (χ0v) is 18.4. The Hall–Kier alpha value is -1.92. The van der Waals surface area contributed by atoms with Crippen molar-refractivity contribution in [1.29, 1.82) is 0 Å². The molecule has 1 amide bonds. The molecule has 174 valence electrons. The van der Waals surface area contributed by atoms with Crippen LogP contribution in [0.3, 0.4) is 0 Å². The van der Waals surface area contributed by atoms with Crippen LogP contribution in [0.25, 0.3) is 0 Å². The number of hydrogen-bond acceptors (Lipinski definition) is 4. The van der Waals surface area contributed by atoms with E-state index in [1.807, 2.05) is 0 Å². The first kappa shape index (κ1) is 28.1. The highest BCUT2D eigenvalue weighted by Crippen LogP contribution is 2.13. The van der Waals surface area contributed by atoms with Gasteiger partial charge in [0.1, 0.15) is 12.3 Å². The van der Waals surface area contributed by atoms with Gasteiger partial charge < -0.3 is 20.3 Å². The van der Waals surface area contributed by atoms with Crippen molar-refractivity contribution in [3.63, 3.8) is 0 Å². The average molecular weight is 428 g/mol. The first-order valence-electron chi connectivity index (χ1n) is 11.6. The summed E-state index contributed by atoms with van der Waals surface area (Å²) in [4.78, 5) is 43.6. The molecule has 0 spiro atoms. The summed E-state index contributed by atoms with van der Waals surface area (Å²) in [6.45, 7) is 0. The number of hydrogen-bond donors (Lipinski definition) is 3. The molecule has 0 aliphatic heterocycles. The second-order valence-corrected chi connectivity index (χ2v) is 8.05. The summed E-state index contributed by atoms with van der Waals surface area (Å²) in [6, 6.07) is -0.973. The molecule has 7 heteroatoms. The third kappa shape index (κ3) is 19.4. The molecule has 0 aromatic carbocycles. The van der Waals surface area contributed by atoms with Crippen molar-refractivity contribution in [2.45, 2.75) is 122 Å². The Morgan fingerprint density at radius 1 is 0.667 bits per heavy atom. The van der Waals surface area contributed by atoms with Crippen LogP contribution in [0.4, 0.5) is 0 Å². The SMILES string of the molecule is O=CCCC(NC(=O)CCCCCCCCCCCCCCCCC(=O)O)C(=O)O. The van der Waals surface area contributed by atoms with E-state index in [4.69, 9.17) is 10.2 Å². The van der Waals surface area contributed by atoms with Crippen molar-refractivity contribution in [2.75, 3.05) is 0 Å². The average Bonchev–Trinajstić information content (AvgIpc) is 2.70. The summed E-state index contributed by atoms with van der Waals surface area (Å²) in [6.07, 6.45) is 17.2. The fourth-order valence-electron chi connectivity index (χ4n) is 3.44. The summed E-state index contributed by atoms with van der Waals surface area (Å²) < 4.78 is 0. The van der Waals surface area contributed by atoms with Crippen molar-refractivity contribution < 1.29 is 29.4 Å². The largest absolute Gasteiger partial charge is 0.481 e. The van der Waals surface area contributed by atoms with Gasteiger partial charge in [0.05, 0.1) is 0 Å². The number of carbonyl (C=O) groups excluding carboxylic acids is 2. The molecule has 0 bridgehead atoms. The standard InChI is InChI=1S/C23H41NO6/c25-19-15-16-20(23(29)30)24-21(26)17-13-11-9-7-5-3-1-2-4-6-8-10-12-14-18-22(27)28/h19-20H,1-18H2,(H,24,26)(H,27,28)(H,29,30). The molecule has 0 saturated carbocycles. The highest BCUT2D eigenvalue weighted by molar-refractivity contribution is 5.83. The maximum absolute atomic E-state index is 11.8. The molecular weight excluding hydrogens is 386 g/mol. The monoisotopic (exact) mass is 427 g/mol. The van der Waals surface area contributed by atoms with E-state index in [2.05, 4.69) is 5.32 Å². The van der Waals surface area contributed by atoms with Crippen LogP contribution < -0.4 is 5.32 Å². The van der Waals surface area contributed by atoms with Crippen molar-refractivity contribution >= 4 is 24.1 Å². The Kier molecular flexibility index (Phi) is 19.1. The van der Waals surface area contributed by atoms with Gasteiger partial charge in [0.15, 0.2) is 0 Å². The van der Waals surface area contributed by atoms with Crippen LogP contribution in [0.1, 0.15) is 116 Å². The van der Waals surface area contributed by atoms with Gasteiger partial charge in [0.2, 0.25) is 5.91 Å². The van der Waals surface area contributed by atoms with Crippen molar-refractivity contribution in [3.8, 4) is 0 Å². The van der Waals surface area contributed by atoms with E-state index in [9.17, 15) is 19.2 Å². The normalized spacial score (nSPS) is 11.7. The summed E-state index contributed by atoms with van der Waals surface area (Å²) in [5.41, 5.74) is 0. The number of carboxylic acids is 2. The molecule has 3 N–H and O–H groups in total. The minimum atomic E-state index is -1.10. The van der Waals surface area contributed by atoms with Gasteiger partial charge in [-0.2, -0.15) is 0 Å². The third-order valence-corrected chi connectivity index (χ3v) is 5.25. The molecular formula is C23H41NO6. The quantitative estimate of drug-likeness (QED) is 0.168. The predicted octanol–water partition coefficient (Wildman–Crippen LogP) is 4.86. The predicted molar refractivity (Wildman–Crippen MR) is 116 cm³/mol. The van der Waals surface area contributed by atoms with Gasteiger partial charge in [-0.25, -0.2) is 4.79 Å². The lowest BCUT2D eigenvalue weighted by molar-refractivity contribution is -0.142. The van der Waals surface area contributed by atoms with E-state index in [1.54, 1.807) is 0 Å². The second kappa shape index (κ2) is 20.4. The molecule has 0 fully saturated rings. The Morgan fingerprint density at radius 3 is 1.43 bits per heavy atom. The number of aliphatic carboxylic acids is 2. The summed E-state index contributed by atoms with van der Waals surface area (Å²) in [5, 5.41) is 20.1. The van der Waals surface area contributed by atoms with Gasteiger partial charge in [0, 0.05) is 19.3 Å². The zero-order valence-electron chi connectivity index (χ0n) is 18.4. The van der Waals surface area contributed by atoms with Gasteiger partial charge in [-0.05, 0) is 19.3 Å². The van der Waals surface area contributed by atoms with E-state index in [0.29, 0.717) is 19.1 Å². The van der Waals surface area contributed by atoms with E-state index in [1.165, 1.54) is 51.4 Å². The number of rotatable bonds is 22. The van der Waals surface area contributed by atoms with Crippen molar-refractivity contribution in [2.24, 2.45) is 0 Å². The topological polar surface area (TPSA) is 121 Å². The number of carbonyl (C=O) groups is 4. The zero-order chi connectivity index (χ0) is 22.5. The van der Waals surface area contributed by atoms with E-state index in [0.717, 1.165) is 38.5 Å². The fraction of sp³-hybridized carbons (Fsp3) is 0.826. The fourth-order valence-corrected chi connectivity index (χ4v) is 3.44. The van der Waals surface area contributed by atoms with Crippen LogP contribution in [-0.4, -0.2) is 40.4 Å². The van der Waals surface area contributed by atoms with E-state index >= 15 is 0 Å². The minimum Gasteiger partial charge on any atom is -0.481 e. The molecule has 0 radical (unpaired) electrons. The summed E-state index contributed by atoms with van der Waals surface area (Å²) >= 11 is 0. The molecule has 0 aliphatic carbocycles. The third-order valence-electron chi connectivity index (χ3n) is 5.25. The molecule has 0 rings (SSSR count). The molecule has 0 saturated heterocycles. The number of amides is 1. The maximum Gasteiger partial charge on any atom is 0.326 e.